The second-order valence-corrected chi connectivity index (χ2v) is 5.87. The highest BCUT2D eigenvalue weighted by atomic mass is 19.1. The lowest BCUT2D eigenvalue weighted by molar-refractivity contribution is 0.502. The first kappa shape index (κ1) is 12.8. The van der Waals surface area contributed by atoms with Gasteiger partial charge in [-0.1, -0.05) is 0 Å². The van der Waals surface area contributed by atoms with E-state index in [1.54, 1.807) is 6.20 Å². The molecular formula is C16H15F2N3. The zero-order valence-electron chi connectivity index (χ0n) is 11.4. The monoisotopic (exact) mass is 287 g/mol. The molecule has 2 fully saturated rings. The quantitative estimate of drug-likeness (QED) is 0.863. The van der Waals surface area contributed by atoms with E-state index < -0.39 is 11.9 Å². The largest absolute Gasteiger partial charge is 0.311 e. The van der Waals surface area contributed by atoms with E-state index in [0.29, 0.717) is 29.1 Å². The summed E-state index contributed by atoms with van der Waals surface area (Å²) in [5.41, 5.74) is 2.00. The number of aromatic nitrogens is 2. The molecule has 1 N–H and O–H groups in total. The summed E-state index contributed by atoms with van der Waals surface area (Å²) in [7, 11) is 0. The lowest BCUT2D eigenvalue weighted by atomic mass is 9.84. The summed E-state index contributed by atoms with van der Waals surface area (Å²) >= 11 is 0. The molecular weight excluding hydrogens is 272 g/mol. The fourth-order valence-electron chi connectivity index (χ4n) is 3.60. The second-order valence-electron chi connectivity index (χ2n) is 5.87. The number of pyridine rings is 2. The van der Waals surface area contributed by atoms with Gasteiger partial charge in [-0.2, -0.15) is 8.78 Å². The number of rotatable bonds is 2. The summed E-state index contributed by atoms with van der Waals surface area (Å²) < 4.78 is 26.9. The SMILES string of the molecule is Fc1ccc(-c2cc([C@H]3C[C@H]4CC[C@H]3N4)cnc2F)cn1. The van der Waals surface area contributed by atoms with E-state index in [1.165, 1.54) is 31.2 Å². The van der Waals surface area contributed by atoms with Gasteiger partial charge in [0.25, 0.3) is 0 Å². The topological polar surface area (TPSA) is 37.8 Å². The first-order valence-electron chi connectivity index (χ1n) is 7.24. The summed E-state index contributed by atoms with van der Waals surface area (Å²) in [5.74, 6) is -0.715. The lowest BCUT2D eigenvalue weighted by Crippen LogP contribution is -2.21. The van der Waals surface area contributed by atoms with Crippen LogP contribution in [0.5, 0.6) is 0 Å². The molecule has 4 heterocycles. The summed E-state index contributed by atoms with van der Waals surface area (Å²) in [6, 6.07) is 5.67. The van der Waals surface area contributed by atoms with Gasteiger partial charge in [0.2, 0.25) is 11.9 Å². The van der Waals surface area contributed by atoms with E-state index in [1.807, 2.05) is 6.07 Å². The predicted molar refractivity (Wildman–Crippen MR) is 74.7 cm³/mol. The second kappa shape index (κ2) is 4.84. The van der Waals surface area contributed by atoms with Crippen molar-refractivity contribution in [3.8, 4) is 11.1 Å². The van der Waals surface area contributed by atoms with E-state index in [4.69, 9.17) is 0 Å². The molecule has 0 unspecified atom stereocenters. The van der Waals surface area contributed by atoms with Gasteiger partial charge < -0.3 is 5.32 Å². The van der Waals surface area contributed by atoms with E-state index >= 15 is 0 Å². The number of fused-ring (bicyclic) bond motifs is 2. The number of hydrogen-bond donors (Lipinski definition) is 1. The molecule has 2 aromatic rings. The minimum Gasteiger partial charge on any atom is -0.311 e. The van der Waals surface area contributed by atoms with Gasteiger partial charge in [0.1, 0.15) is 0 Å². The van der Waals surface area contributed by atoms with Gasteiger partial charge in [-0.05, 0) is 43.0 Å². The zero-order valence-corrected chi connectivity index (χ0v) is 11.4. The highest BCUT2D eigenvalue weighted by molar-refractivity contribution is 5.62. The van der Waals surface area contributed by atoms with Crippen LogP contribution in [0.25, 0.3) is 11.1 Å². The molecule has 108 valence electrons. The first-order valence-corrected chi connectivity index (χ1v) is 7.24. The summed E-state index contributed by atoms with van der Waals surface area (Å²) in [4.78, 5) is 7.48. The van der Waals surface area contributed by atoms with E-state index in [0.717, 1.165) is 12.0 Å². The van der Waals surface area contributed by atoms with Gasteiger partial charge in [-0.15, -0.1) is 0 Å². The number of halogens is 2. The Morgan fingerprint density at radius 2 is 2.00 bits per heavy atom. The molecule has 4 rings (SSSR count). The van der Waals surface area contributed by atoms with Crippen LogP contribution < -0.4 is 5.32 Å². The van der Waals surface area contributed by atoms with Crippen molar-refractivity contribution in [3.63, 3.8) is 0 Å². The van der Waals surface area contributed by atoms with Gasteiger partial charge in [0, 0.05) is 41.5 Å². The van der Waals surface area contributed by atoms with Crippen molar-refractivity contribution < 1.29 is 8.78 Å². The molecule has 0 saturated carbocycles. The third-order valence-electron chi connectivity index (χ3n) is 4.63. The average Bonchev–Trinajstić information content (AvgIpc) is 3.12. The molecule has 2 aliphatic heterocycles. The van der Waals surface area contributed by atoms with Crippen LogP contribution in [0, 0.1) is 11.9 Å². The Morgan fingerprint density at radius 1 is 1.10 bits per heavy atom. The molecule has 2 aliphatic rings. The van der Waals surface area contributed by atoms with Crippen LogP contribution in [-0.4, -0.2) is 22.1 Å². The Balaban J connectivity index is 1.71. The Labute approximate surface area is 121 Å². The molecule has 3 nitrogen and oxygen atoms in total. The predicted octanol–water partition coefficient (Wildman–Crippen LogP) is 3.03. The molecule has 0 aliphatic carbocycles. The van der Waals surface area contributed by atoms with Crippen molar-refractivity contribution in [2.75, 3.05) is 0 Å². The van der Waals surface area contributed by atoms with Gasteiger partial charge in [0.05, 0.1) is 0 Å². The van der Waals surface area contributed by atoms with Gasteiger partial charge in [-0.3, -0.25) is 0 Å². The summed E-state index contributed by atoms with van der Waals surface area (Å²) in [6.45, 7) is 0. The fourth-order valence-corrected chi connectivity index (χ4v) is 3.60. The Kier molecular flexibility index (Phi) is 2.96. The van der Waals surface area contributed by atoms with Crippen LogP contribution in [0.15, 0.2) is 30.6 Å². The van der Waals surface area contributed by atoms with E-state index in [2.05, 4.69) is 15.3 Å². The zero-order chi connectivity index (χ0) is 14.4. The number of nitrogens with one attached hydrogen (secondary N) is 1. The van der Waals surface area contributed by atoms with Crippen molar-refractivity contribution in [3.05, 3.63) is 48.1 Å². The van der Waals surface area contributed by atoms with Gasteiger partial charge >= 0.3 is 0 Å². The van der Waals surface area contributed by atoms with Crippen LogP contribution in [0.4, 0.5) is 8.78 Å². The molecule has 3 atom stereocenters. The number of hydrogen-bond acceptors (Lipinski definition) is 3. The number of nitrogens with zero attached hydrogens (tertiary/aromatic N) is 2. The Hall–Kier alpha value is -1.88. The van der Waals surface area contributed by atoms with Gasteiger partial charge in [-0.25, -0.2) is 9.97 Å². The standard InChI is InChI=1S/C16H15F2N3/c17-15-4-1-9(7-19-15)13-5-10(8-20-16(13)18)12-6-11-2-3-14(12)21-11/h1,4-5,7-8,11-12,14,21H,2-3,6H2/t11-,12-,14-/m1/s1. The minimum absolute atomic E-state index is 0.391. The highest BCUT2D eigenvalue weighted by Gasteiger charge is 2.39. The third-order valence-corrected chi connectivity index (χ3v) is 4.63. The van der Waals surface area contributed by atoms with Crippen LogP contribution >= 0.6 is 0 Å². The van der Waals surface area contributed by atoms with Crippen molar-refractivity contribution >= 4 is 0 Å². The van der Waals surface area contributed by atoms with Crippen LogP contribution in [0.2, 0.25) is 0 Å². The molecule has 0 amide bonds. The summed E-state index contributed by atoms with van der Waals surface area (Å²) in [5, 5.41) is 3.57. The third kappa shape index (κ3) is 2.21. The Morgan fingerprint density at radius 3 is 2.67 bits per heavy atom. The first-order chi connectivity index (χ1) is 10.2. The van der Waals surface area contributed by atoms with Crippen molar-refractivity contribution in [2.45, 2.75) is 37.3 Å². The fraction of sp³-hybridized carbons (Fsp3) is 0.375. The molecule has 0 aromatic carbocycles. The molecule has 0 radical (unpaired) electrons. The van der Waals surface area contributed by atoms with Crippen molar-refractivity contribution in [2.24, 2.45) is 0 Å². The smallest absolute Gasteiger partial charge is 0.220 e. The lowest BCUT2D eigenvalue weighted by Gasteiger charge is -2.20. The van der Waals surface area contributed by atoms with Gasteiger partial charge in [0.15, 0.2) is 0 Å². The van der Waals surface area contributed by atoms with Crippen LogP contribution in [0.3, 0.4) is 0 Å². The minimum atomic E-state index is -0.569. The molecule has 2 aromatic heterocycles. The summed E-state index contributed by atoms with van der Waals surface area (Å²) in [6.07, 6.45) is 6.45. The van der Waals surface area contributed by atoms with Crippen molar-refractivity contribution in [1.29, 1.82) is 0 Å². The molecule has 2 bridgehead atoms. The molecule has 21 heavy (non-hydrogen) atoms. The Bertz CT molecular complexity index is 672. The molecule has 2 saturated heterocycles. The van der Waals surface area contributed by atoms with E-state index in [-0.39, 0.29) is 0 Å². The van der Waals surface area contributed by atoms with Crippen LogP contribution in [0.1, 0.15) is 30.7 Å². The molecule has 0 spiro atoms. The average molecular weight is 287 g/mol. The maximum absolute atomic E-state index is 14.0. The van der Waals surface area contributed by atoms with Crippen molar-refractivity contribution in [1.82, 2.24) is 15.3 Å². The highest BCUT2D eigenvalue weighted by Crippen LogP contribution is 2.40. The van der Waals surface area contributed by atoms with E-state index in [9.17, 15) is 8.78 Å². The molecule has 5 heteroatoms. The maximum atomic E-state index is 14.0. The van der Waals surface area contributed by atoms with Crippen LogP contribution in [-0.2, 0) is 0 Å². The normalized spacial score (nSPS) is 27.2. The maximum Gasteiger partial charge on any atom is 0.220 e.